The Morgan fingerprint density at radius 1 is 1.03 bits per heavy atom. The van der Waals surface area contributed by atoms with Gasteiger partial charge in [-0.1, -0.05) is 36.4 Å². The summed E-state index contributed by atoms with van der Waals surface area (Å²) in [5.41, 5.74) is 1.03. The van der Waals surface area contributed by atoms with E-state index in [1.807, 2.05) is 18.2 Å². The van der Waals surface area contributed by atoms with E-state index in [0.717, 1.165) is 12.8 Å². The Hall–Kier alpha value is -3.89. The van der Waals surface area contributed by atoms with Gasteiger partial charge >= 0.3 is 0 Å². The highest BCUT2D eigenvalue weighted by Gasteiger charge is 2.34. The molecule has 2 aromatic carbocycles. The second-order valence-electron chi connectivity index (χ2n) is 8.66. The average Bonchev–Trinajstić information content (AvgIpc) is 3.68. The number of thiophene rings is 1. The molecule has 1 aromatic heterocycles. The molecule has 0 unspecified atom stereocenters. The zero-order valence-electron chi connectivity index (χ0n) is 21.3. The minimum atomic E-state index is -1.01. The summed E-state index contributed by atoms with van der Waals surface area (Å²) < 4.78 is 16.5. The lowest BCUT2D eigenvalue weighted by Gasteiger charge is -2.32. The zero-order chi connectivity index (χ0) is 26.9. The van der Waals surface area contributed by atoms with Gasteiger partial charge in [0.15, 0.2) is 11.5 Å². The summed E-state index contributed by atoms with van der Waals surface area (Å²) >= 11 is 1.28. The molecule has 38 heavy (non-hydrogen) atoms. The van der Waals surface area contributed by atoms with Crippen LogP contribution in [-0.2, 0) is 14.3 Å². The third-order valence-electron chi connectivity index (χ3n) is 6.21. The molecule has 0 radical (unpaired) electrons. The fraction of sp³-hybridized carbons (Fsp3) is 0.321. The smallest absolute Gasteiger partial charge is 0.261 e. The quantitative estimate of drug-likeness (QED) is 0.388. The van der Waals surface area contributed by atoms with Crippen LogP contribution >= 0.6 is 11.3 Å². The molecule has 3 amide bonds. The number of nitrogens with zero attached hydrogens (tertiary/aromatic N) is 1. The largest absolute Gasteiger partial charge is 0.493 e. The number of nitrogens with one attached hydrogen (secondary N) is 2. The molecule has 2 heterocycles. The predicted molar refractivity (Wildman–Crippen MR) is 145 cm³/mol. The number of anilines is 1. The Labute approximate surface area is 225 Å². The summed E-state index contributed by atoms with van der Waals surface area (Å²) in [4.78, 5) is 42.0. The molecule has 2 N–H and O–H groups in total. The zero-order valence-corrected chi connectivity index (χ0v) is 22.2. The molecule has 0 saturated carbocycles. The Balaban J connectivity index is 1.69. The lowest BCUT2D eigenvalue weighted by atomic mass is 10.0. The number of ether oxygens (including phenoxy) is 3. The Morgan fingerprint density at radius 2 is 1.82 bits per heavy atom. The molecule has 10 heteroatoms. The van der Waals surface area contributed by atoms with E-state index in [-0.39, 0.29) is 24.5 Å². The van der Waals surface area contributed by atoms with Crippen molar-refractivity contribution in [1.82, 2.24) is 10.6 Å². The van der Waals surface area contributed by atoms with Gasteiger partial charge in [-0.25, -0.2) is 0 Å². The number of rotatable bonds is 11. The number of methoxy groups -OCH3 is 2. The van der Waals surface area contributed by atoms with Gasteiger partial charge in [0.1, 0.15) is 6.04 Å². The molecule has 1 aliphatic rings. The summed E-state index contributed by atoms with van der Waals surface area (Å²) in [5.74, 6) is -0.312. The minimum Gasteiger partial charge on any atom is -0.493 e. The van der Waals surface area contributed by atoms with Crippen molar-refractivity contribution in [3.8, 4) is 11.5 Å². The maximum atomic E-state index is 13.8. The lowest BCUT2D eigenvalue weighted by Crippen LogP contribution is -2.48. The second-order valence-corrected chi connectivity index (χ2v) is 9.60. The molecule has 1 fully saturated rings. The number of carbonyl (C=O) groups is 3. The van der Waals surface area contributed by atoms with E-state index in [1.54, 1.807) is 47.8 Å². The van der Waals surface area contributed by atoms with E-state index in [9.17, 15) is 14.4 Å². The van der Waals surface area contributed by atoms with Crippen molar-refractivity contribution in [3.05, 3.63) is 76.5 Å². The van der Waals surface area contributed by atoms with Crippen molar-refractivity contribution in [2.45, 2.75) is 25.0 Å². The molecule has 4 rings (SSSR count). The van der Waals surface area contributed by atoms with Gasteiger partial charge in [0.05, 0.1) is 31.7 Å². The van der Waals surface area contributed by atoms with Gasteiger partial charge in [0, 0.05) is 24.9 Å². The fourth-order valence-electron chi connectivity index (χ4n) is 4.32. The van der Waals surface area contributed by atoms with Crippen LogP contribution in [0.1, 0.15) is 34.1 Å². The predicted octanol–water partition coefficient (Wildman–Crippen LogP) is 3.56. The Bertz CT molecular complexity index is 1230. The van der Waals surface area contributed by atoms with Crippen LogP contribution in [0.25, 0.3) is 0 Å². The molecule has 3 aromatic rings. The van der Waals surface area contributed by atoms with Gasteiger partial charge in [-0.15, -0.1) is 11.3 Å². The van der Waals surface area contributed by atoms with Gasteiger partial charge in [-0.2, -0.15) is 0 Å². The fourth-order valence-corrected chi connectivity index (χ4v) is 4.96. The second kappa shape index (κ2) is 13.1. The highest BCUT2D eigenvalue weighted by atomic mass is 32.1. The van der Waals surface area contributed by atoms with E-state index < -0.39 is 11.9 Å². The molecule has 9 nitrogen and oxygen atoms in total. The highest BCUT2D eigenvalue weighted by molar-refractivity contribution is 7.12. The van der Waals surface area contributed by atoms with Crippen molar-refractivity contribution in [3.63, 3.8) is 0 Å². The Morgan fingerprint density at radius 3 is 2.47 bits per heavy atom. The summed E-state index contributed by atoms with van der Waals surface area (Å²) in [6.45, 7) is 0.696. The SMILES string of the molecule is COc1ccc(N(C(=O)CNC(=O)c2cccs2)[C@@H](C(=O)NC[C@@H]2CCCO2)c2ccccc2)cc1OC. The number of hydrogen-bond donors (Lipinski definition) is 2. The lowest BCUT2D eigenvalue weighted by molar-refractivity contribution is -0.126. The molecule has 0 aliphatic carbocycles. The molecular weight excluding hydrogens is 506 g/mol. The monoisotopic (exact) mass is 537 g/mol. The molecule has 0 spiro atoms. The van der Waals surface area contributed by atoms with Crippen molar-refractivity contribution < 1.29 is 28.6 Å². The third-order valence-corrected chi connectivity index (χ3v) is 7.08. The molecule has 200 valence electrons. The van der Waals surface area contributed by atoms with Crippen LogP contribution in [0, 0.1) is 0 Å². The van der Waals surface area contributed by atoms with Crippen molar-refractivity contribution in [1.29, 1.82) is 0 Å². The maximum Gasteiger partial charge on any atom is 0.261 e. The first kappa shape index (κ1) is 27.2. The van der Waals surface area contributed by atoms with E-state index >= 15 is 0 Å². The van der Waals surface area contributed by atoms with Crippen LogP contribution in [0.15, 0.2) is 66.0 Å². The van der Waals surface area contributed by atoms with Crippen LogP contribution in [0.5, 0.6) is 11.5 Å². The molecule has 0 bridgehead atoms. The summed E-state index contributed by atoms with van der Waals surface area (Å²) in [6.07, 6.45) is 1.75. The van der Waals surface area contributed by atoms with Crippen molar-refractivity contribution in [2.75, 3.05) is 38.8 Å². The van der Waals surface area contributed by atoms with Gasteiger partial charge < -0.3 is 24.8 Å². The molecule has 2 atom stereocenters. The van der Waals surface area contributed by atoms with Crippen LogP contribution in [-0.4, -0.2) is 57.7 Å². The van der Waals surface area contributed by atoms with Crippen LogP contribution < -0.4 is 25.0 Å². The highest BCUT2D eigenvalue weighted by Crippen LogP contribution is 2.35. The number of hydrogen-bond acceptors (Lipinski definition) is 7. The van der Waals surface area contributed by atoms with Crippen molar-refractivity contribution >= 4 is 34.7 Å². The van der Waals surface area contributed by atoms with Crippen LogP contribution in [0.2, 0.25) is 0 Å². The summed E-state index contributed by atoms with van der Waals surface area (Å²) in [6, 6.07) is 16.5. The number of benzene rings is 2. The first-order chi connectivity index (χ1) is 18.5. The van der Waals surface area contributed by atoms with E-state index in [2.05, 4.69) is 10.6 Å². The van der Waals surface area contributed by atoms with Gasteiger partial charge in [-0.3, -0.25) is 19.3 Å². The van der Waals surface area contributed by atoms with Crippen LogP contribution in [0.3, 0.4) is 0 Å². The topological polar surface area (TPSA) is 106 Å². The normalized spacial score (nSPS) is 15.4. The molecule has 1 saturated heterocycles. The summed E-state index contributed by atoms with van der Waals surface area (Å²) in [5, 5.41) is 7.44. The van der Waals surface area contributed by atoms with Gasteiger partial charge in [-0.05, 0) is 42.0 Å². The molecular formula is C28H31N3O6S. The average molecular weight is 538 g/mol. The van der Waals surface area contributed by atoms with E-state index in [1.165, 1.54) is 30.5 Å². The summed E-state index contributed by atoms with van der Waals surface area (Å²) in [7, 11) is 3.02. The minimum absolute atomic E-state index is 0.0642. The van der Waals surface area contributed by atoms with Crippen molar-refractivity contribution in [2.24, 2.45) is 0 Å². The standard InChI is InChI=1S/C28H31N3O6S/c1-35-22-13-12-20(16-23(22)36-2)31(25(32)18-30-27(33)24-11-7-15-38-24)26(19-8-4-3-5-9-19)28(34)29-17-21-10-6-14-37-21/h3-5,7-9,11-13,15-16,21,26H,6,10,14,17-18H2,1-2H3,(H,29,34)(H,30,33)/t21-,26+/m0/s1. The first-order valence-corrected chi connectivity index (χ1v) is 13.2. The van der Waals surface area contributed by atoms with Gasteiger partial charge in [0.25, 0.3) is 5.91 Å². The van der Waals surface area contributed by atoms with Crippen LogP contribution in [0.4, 0.5) is 5.69 Å². The molecule has 1 aliphatic heterocycles. The van der Waals surface area contributed by atoms with Gasteiger partial charge in [0.2, 0.25) is 11.8 Å². The third kappa shape index (κ3) is 6.51. The van der Waals surface area contributed by atoms with E-state index in [4.69, 9.17) is 14.2 Å². The number of amides is 3. The maximum absolute atomic E-state index is 13.8. The first-order valence-electron chi connectivity index (χ1n) is 12.3. The number of carbonyl (C=O) groups excluding carboxylic acids is 3. The van der Waals surface area contributed by atoms with E-state index in [0.29, 0.717) is 40.8 Å². The Kier molecular flexibility index (Phi) is 9.34.